The molecule has 0 radical (unpaired) electrons. The molecule has 3 aromatic heterocycles. The molecule has 230 valence electrons. The Kier molecular flexibility index (Phi) is 8.90. The van der Waals surface area contributed by atoms with Crippen molar-refractivity contribution in [2.24, 2.45) is 0 Å². The van der Waals surface area contributed by atoms with Crippen molar-refractivity contribution in [3.63, 3.8) is 0 Å². The number of hydrogen-bond donors (Lipinski definition) is 2. The van der Waals surface area contributed by atoms with Gasteiger partial charge in [0.25, 0.3) is 5.56 Å². The van der Waals surface area contributed by atoms with E-state index < -0.39 is 11.9 Å². The van der Waals surface area contributed by atoms with E-state index in [4.69, 9.17) is 9.26 Å². The number of H-pyrrole nitrogens is 1. The SMILES string of the molecule is CCCc1c(Cc2ccc(-c3ccccc3-c3noc(=O)[nH]3)cc2)c(=O)n(C2CCC(OCC(O)CC)CC2)c2ccnn12. The van der Waals surface area contributed by atoms with Gasteiger partial charge in [-0.1, -0.05) is 74.0 Å². The van der Waals surface area contributed by atoms with Crippen LogP contribution in [0.3, 0.4) is 0 Å². The predicted octanol–water partition coefficient (Wildman–Crippen LogP) is 5.32. The molecule has 1 saturated carbocycles. The van der Waals surface area contributed by atoms with Crippen LogP contribution in [0.5, 0.6) is 0 Å². The van der Waals surface area contributed by atoms with Gasteiger partial charge in [-0.15, -0.1) is 0 Å². The largest absolute Gasteiger partial charge is 0.439 e. The summed E-state index contributed by atoms with van der Waals surface area (Å²) in [6.45, 7) is 4.43. The quantitative estimate of drug-likeness (QED) is 0.211. The highest BCUT2D eigenvalue weighted by Crippen LogP contribution is 2.32. The molecule has 10 nitrogen and oxygen atoms in total. The number of rotatable bonds is 11. The van der Waals surface area contributed by atoms with Gasteiger partial charge in [0.1, 0.15) is 5.65 Å². The van der Waals surface area contributed by atoms with E-state index >= 15 is 0 Å². The fraction of sp³-hybridized carbons (Fsp3) is 0.412. The lowest BCUT2D eigenvalue weighted by Crippen LogP contribution is -2.35. The molecule has 1 atom stereocenters. The van der Waals surface area contributed by atoms with Gasteiger partial charge in [0, 0.05) is 29.7 Å². The molecule has 0 spiro atoms. The van der Waals surface area contributed by atoms with E-state index in [1.54, 1.807) is 6.20 Å². The maximum atomic E-state index is 14.3. The molecule has 0 aliphatic heterocycles. The van der Waals surface area contributed by atoms with Gasteiger partial charge in [-0.2, -0.15) is 5.10 Å². The van der Waals surface area contributed by atoms with Crippen LogP contribution in [-0.2, 0) is 17.6 Å². The first-order chi connectivity index (χ1) is 21.5. The van der Waals surface area contributed by atoms with Crippen LogP contribution >= 0.6 is 0 Å². The molecule has 2 aromatic carbocycles. The summed E-state index contributed by atoms with van der Waals surface area (Å²) in [5, 5.41) is 18.4. The zero-order valence-corrected chi connectivity index (χ0v) is 25.2. The van der Waals surface area contributed by atoms with Crippen LogP contribution in [0.15, 0.2) is 74.9 Å². The Morgan fingerprint density at radius 1 is 1.02 bits per heavy atom. The number of benzene rings is 2. The zero-order valence-electron chi connectivity index (χ0n) is 25.2. The Bertz CT molecular complexity index is 1830. The van der Waals surface area contributed by atoms with Crippen molar-refractivity contribution in [2.75, 3.05) is 6.61 Å². The van der Waals surface area contributed by atoms with Crippen molar-refractivity contribution in [2.45, 2.75) is 83.5 Å². The summed E-state index contributed by atoms with van der Waals surface area (Å²) in [7, 11) is 0. The van der Waals surface area contributed by atoms with Gasteiger partial charge in [0.2, 0.25) is 0 Å². The maximum Gasteiger partial charge on any atom is 0.439 e. The number of aliphatic hydroxyl groups is 1. The molecule has 10 heteroatoms. The van der Waals surface area contributed by atoms with Gasteiger partial charge in [-0.3, -0.25) is 18.9 Å². The molecular formula is C34H39N5O5. The standard InChI is InChI=1S/C34H39N5O5/c1-3-7-30-29(20-22-10-12-23(13-11-22)27-8-5-6-9-28(27)32-36-34(42)44-37-32)33(41)38(31-18-19-35-39(30)31)24-14-16-26(17-15-24)43-21-25(40)4-2/h5-6,8-13,18-19,24-26,40H,3-4,7,14-17,20-21H2,1-2H3,(H,36,37,42). The van der Waals surface area contributed by atoms with E-state index in [0.29, 0.717) is 25.3 Å². The van der Waals surface area contributed by atoms with Crippen molar-refractivity contribution in [1.29, 1.82) is 0 Å². The molecule has 5 aromatic rings. The van der Waals surface area contributed by atoms with Gasteiger partial charge < -0.3 is 9.84 Å². The van der Waals surface area contributed by atoms with Crippen LogP contribution in [0, 0.1) is 0 Å². The van der Waals surface area contributed by atoms with E-state index in [-0.39, 0.29) is 17.7 Å². The van der Waals surface area contributed by atoms with Gasteiger partial charge in [-0.05, 0) is 55.2 Å². The molecule has 1 fully saturated rings. The summed E-state index contributed by atoms with van der Waals surface area (Å²) in [5.41, 5.74) is 6.31. The van der Waals surface area contributed by atoms with Crippen molar-refractivity contribution < 1.29 is 14.4 Å². The van der Waals surface area contributed by atoms with E-state index in [9.17, 15) is 14.7 Å². The third-order valence-corrected chi connectivity index (χ3v) is 8.71. The number of aromatic amines is 1. The summed E-state index contributed by atoms with van der Waals surface area (Å²) < 4.78 is 14.6. The normalized spacial score (nSPS) is 17.7. The first kappa shape index (κ1) is 29.8. The summed E-state index contributed by atoms with van der Waals surface area (Å²) in [6, 6.07) is 17.9. The highest BCUT2D eigenvalue weighted by Gasteiger charge is 2.28. The molecule has 0 amide bonds. The topological polar surface area (TPSA) is 128 Å². The van der Waals surface area contributed by atoms with E-state index in [1.807, 2.05) is 58.5 Å². The van der Waals surface area contributed by atoms with Crippen molar-refractivity contribution in [3.05, 3.63) is 98.5 Å². The Morgan fingerprint density at radius 2 is 1.77 bits per heavy atom. The second kappa shape index (κ2) is 13.2. The third-order valence-electron chi connectivity index (χ3n) is 8.71. The number of ether oxygens (including phenoxy) is 1. The predicted molar refractivity (Wildman–Crippen MR) is 168 cm³/mol. The lowest BCUT2D eigenvalue weighted by atomic mass is 9.92. The molecule has 1 unspecified atom stereocenters. The molecule has 0 saturated heterocycles. The maximum absolute atomic E-state index is 14.3. The monoisotopic (exact) mass is 597 g/mol. The second-order valence-electron chi connectivity index (χ2n) is 11.6. The van der Waals surface area contributed by atoms with E-state index in [2.05, 4.69) is 34.3 Å². The Morgan fingerprint density at radius 3 is 2.45 bits per heavy atom. The number of nitrogens with one attached hydrogen (secondary N) is 1. The highest BCUT2D eigenvalue weighted by molar-refractivity contribution is 5.80. The van der Waals surface area contributed by atoms with Crippen molar-refractivity contribution >= 4 is 5.65 Å². The third kappa shape index (κ3) is 6.05. The van der Waals surface area contributed by atoms with Gasteiger partial charge in [0.15, 0.2) is 5.82 Å². The van der Waals surface area contributed by atoms with E-state index in [1.165, 1.54) is 0 Å². The number of aryl methyl sites for hydroxylation is 1. The lowest BCUT2D eigenvalue weighted by molar-refractivity contribution is -0.0293. The molecule has 3 heterocycles. The molecule has 0 bridgehead atoms. The summed E-state index contributed by atoms with van der Waals surface area (Å²) in [5.74, 6) is -0.216. The van der Waals surface area contributed by atoms with Crippen molar-refractivity contribution in [3.8, 4) is 22.5 Å². The fourth-order valence-corrected chi connectivity index (χ4v) is 6.34. The molecule has 1 aliphatic carbocycles. The van der Waals surface area contributed by atoms with Gasteiger partial charge in [-0.25, -0.2) is 9.31 Å². The number of hydrogen-bond acceptors (Lipinski definition) is 7. The summed E-state index contributed by atoms with van der Waals surface area (Å²) in [6.07, 6.45) is 7.67. The van der Waals surface area contributed by atoms with Gasteiger partial charge in [0.05, 0.1) is 30.7 Å². The average Bonchev–Trinajstić information content (AvgIpc) is 3.72. The summed E-state index contributed by atoms with van der Waals surface area (Å²) in [4.78, 5) is 28.5. The van der Waals surface area contributed by atoms with Crippen LogP contribution < -0.4 is 11.3 Å². The Balaban J connectivity index is 1.30. The minimum atomic E-state index is -0.596. The number of aromatic nitrogens is 5. The smallest absolute Gasteiger partial charge is 0.391 e. The minimum absolute atomic E-state index is 0.0524. The molecule has 44 heavy (non-hydrogen) atoms. The summed E-state index contributed by atoms with van der Waals surface area (Å²) >= 11 is 0. The molecule has 1 aliphatic rings. The van der Waals surface area contributed by atoms with Crippen LogP contribution in [0.4, 0.5) is 0 Å². The van der Waals surface area contributed by atoms with Gasteiger partial charge >= 0.3 is 5.76 Å². The number of nitrogens with zero attached hydrogens (tertiary/aromatic N) is 4. The van der Waals surface area contributed by atoms with E-state index in [0.717, 1.165) is 77.7 Å². The Hall–Kier alpha value is -4.28. The molecule has 6 rings (SSSR count). The average molecular weight is 598 g/mol. The first-order valence-corrected chi connectivity index (χ1v) is 15.6. The first-order valence-electron chi connectivity index (χ1n) is 15.6. The zero-order chi connectivity index (χ0) is 30.6. The number of aliphatic hydroxyl groups excluding tert-OH is 1. The van der Waals surface area contributed by atoms with Crippen LogP contribution in [0.25, 0.3) is 28.2 Å². The molecule has 2 N–H and O–H groups in total. The van der Waals surface area contributed by atoms with Crippen LogP contribution in [0.2, 0.25) is 0 Å². The molecular weight excluding hydrogens is 558 g/mol. The Labute approximate surface area is 255 Å². The highest BCUT2D eigenvalue weighted by atomic mass is 16.5. The van der Waals surface area contributed by atoms with Crippen molar-refractivity contribution in [1.82, 2.24) is 24.3 Å². The lowest BCUT2D eigenvalue weighted by Gasteiger charge is -2.31. The second-order valence-corrected chi connectivity index (χ2v) is 11.6. The number of fused-ring (bicyclic) bond motifs is 1. The van der Waals surface area contributed by atoms with Crippen LogP contribution in [-0.4, -0.2) is 48.2 Å². The minimum Gasteiger partial charge on any atom is -0.391 e. The fourth-order valence-electron chi connectivity index (χ4n) is 6.34. The van der Waals surface area contributed by atoms with Crippen LogP contribution in [0.1, 0.15) is 75.2 Å².